The Morgan fingerprint density at radius 3 is 2.65 bits per heavy atom. The van der Waals surface area contributed by atoms with Crippen LogP contribution in [0.5, 0.6) is 0 Å². The number of hydrogen-bond donors (Lipinski definition) is 1. The van der Waals surface area contributed by atoms with E-state index in [0.29, 0.717) is 6.04 Å². The van der Waals surface area contributed by atoms with Gasteiger partial charge in [-0.15, -0.1) is 11.3 Å². The fourth-order valence-corrected chi connectivity index (χ4v) is 3.67. The smallest absolute Gasteiger partial charge is 0.0947 e. The number of nitrogens with one attached hydrogen (secondary N) is 1. The number of likely N-dealkylation sites (N-methyl/N-ethyl adjacent to an activating group) is 1. The van der Waals surface area contributed by atoms with Crippen molar-refractivity contribution in [2.75, 3.05) is 7.05 Å². The van der Waals surface area contributed by atoms with Crippen molar-refractivity contribution in [1.29, 1.82) is 0 Å². The van der Waals surface area contributed by atoms with Crippen molar-refractivity contribution in [3.8, 4) is 0 Å². The fourth-order valence-electron chi connectivity index (χ4n) is 2.03. The predicted molar refractivity (Wildman–Crippen MR) is 95.5 cm³/mol. The molecule has 20 heavy (non-hydrogen) atoms. The molecule has 0 bridgehead atoms. The summed E-state index contributed by atoms with van der Waals surface area (Å²) in [5, 5.41) is 6.80. The number of halogens is 1. The summed E-state index contributed by atoms with van der Waals surface area (Å²) in [5.41, 5.74) is 2.65. The van der Waals surface area contributed by atoms with Gasteiger partial charge in [-0.2, -0.15) is 0 Å². The molecule has 1 aromatic carbocycles. The van der Waals surface area contributed by atoms with Crippen molar-refractivity contribution in [2.24, 2.45) is 0 Å². The topological polar surface area (TPSA) is 24.9 Å². The van der Waals surface area contributed by atoms with E-state index >= 15 is 0 Å². The lowest BCUT2D eigenvalue weighted by atomic mass is 9.93. The van der Waals surface area contributed by atoms with Gasteiger partial charge < -0.3 is 5.32 Å². The van der Waals surface area contributed by atoms with Crippen LogP contribution in [0, 0.1) is 3.57 Å². The van der Waals surface area contributed by atoms with Crippen LogP contribution in [-0.2, 0) is 11.8 Å². The molecule has 0 saturated carbocycles. The number of hydrogen-bond acceptors (Lipinski definition) is 3. The van der Waals surface area contributed by atoms with Gasteiger partial charge in [-0.3, -0.25) is 0 Å². The highest BCUT2D eigenvalue weighted by Gasteiger charge is 2.19. The molecule has 1 N–H and O–H groups in total. The third kappa shape index (κ3) is 4.02. The van der Waals surface area contributed by atoms with Crippen LogP contribution in [0.3, 0.4) is 0 Å². The van der Waals surface area contributed by atoms with E-state index in [9.17, 15) is 0 Å². The first-order chi connectivity index (χ1) is 9.40. The molecule has 0 amide bonds. The average molecular weight is 400 g/mol. The standard InChI is InChI=1S/C16H21IN2S/c1-16(2,3)14-10-20-15(19-14)9-13(18-4)11-6-5-7-12(17)8-11/h5-8,10,13,18H,9H2,1-4H3. The molecule has 0 radical (unpaired) electrons. The van der Waals surface area contributed by atoms with Crippen LogP contribution in [0.25, 0.3) is 0 Å². The van der Waals surface area contributed by atoms with Crippen molar-refractivity contribution < 1.29 is 0 Å². The second-order valence-electron chi connectivity index (χ2n) is 5.98. The summed E-state index contributed by atoms with van der Waals surface area (Å²) >= 11 is 4.13. The lowest BCUT2D eigenvalue weighted by Gasteiger charge is -2.16. The summed E-state index contributed by atoms with van der Waals surface area (Å²) in [4.78, 5) is 4.79. The Labute approximate surface area is 139 Å². The Morgan fingerprint density at radius 1 is 1.35 bits per heavy atom. The van der Waals surface area contributed by atoms with E-state index in [2.05, 4.69) is 78.3 Å². The zero-order chi connectivity index (χ0) is 14.8. The molecule has 0 fully saturated rings. The van der Waals surface area contributed by atoms with Gasteiger partial charge in [-0.05, 0) is 47.3 Å². The van der Waals surface area contributed by atoms with Gasteiger partial charge in [0, 0.05) is 26.8 Å². The molecule has 2 aromatic rings. The third-order valence-corrected chi connectivity index (χ3v) is 4.84. The number of aromatic nitrogens is 1. The monoisotopic (exact) mass is 400 g/mol. The third-order valence-electron chi connectivity index (χ3n) is 3.30. The van der Waals surface area contributed by atoms with Crippen molar-refractivity contribution in [3.63, 3.8) is 0 Å². The largest absolute Gasteiger partial charge is 0.313 e. The minimum atomic E-state index is 0.131. The Hall–Kier alpha value is -0.460. The highest BCUT2D eigenvalue weighted by molar-refractivity contribution is 14.1. The maximum absolute atomic E-state index is 4.79. The highest BCUT2D eigenvalue weighted by Crippen LogP contribution is 2.27. The molecule has 2 nitrogen and oxygen atoms in total. The van der Waals surface area contributed by atoms with E-state index in [-0.39, 0.29) is 5.41 Å². The number of thiazole rings is 1. The van der Waals surface area contributed by atoms with Crippen LogP contribution in [0.1, 0.15) is 43.1 Å². The van der Waals surface area contributed by atoms with Gasteiger partial charge in [0.15, 0.2) is 0 Å². The number of nitrogens with zero attached hydrogens (tertiary/aromatic N) is 1. The summed E-state index contributed by atoms with van der Waals surface area (Å²) in [5.74, 6) is 0. The Bertz CT molecular complexity index is 572. The molecule has 1 heterocycles. The fraction of sp³-hybridized carbons (Fsp3) is 0.438. The van der Waals surface area contributed by atoms with Crippen LogP contribution in [0.4, 0.5) is 0 Å². The lowest BCUT2D eigenvalue weighted by Crippen LogP contribution is -2.19. The van der Waals surface area contributed by atoms with Crippen molar-refractivity contribution in [1.82, 2.24) is 10.3 Å². The maximum atomic E-state index is 4.79. The molecule has 1 aromatic heterocycles. The molecular weight excluding hydrogens is 379 g/mol. The minimum absolute atomic E-state index is 0.131. The van der Waals surface area contributed by atoms with Crippen LogP contribution in [-0.4, -0.2) is 12.0 Å². The molecule has 0 aliphatic carbocycles. The zero-order valence-electron chi connectivity index (χ0n) is 12.4. The second kappa shape index (κ2) is 6.54. The molecule has 0 aliphatic rings. The summed E-state index contributed by atoms with van der Waals surface area (Å²) in [7, 11) is 2.02. The first kappa shape index (κ1) is 15.9. The van der Waals surface area contributed by atoms with Crippen LogP contribution < -0.4 is 5.32 Å². The molecule has 0 spiro atoms. The molecule has 1 atom stereocenters. The Balaban J connectivity index is 2.16. The van der Waals surface area contributed by atoms with Gasteiger partial charge in [-0.1, -0.05) is 32.9 Å². The van der Waals surface area contributed by atoms with Gasteiger partial charge in [-0.25, -0.2) is 4.98 Å². The second-order valence-corrected chi connectivity index (χ2v) is 8.17. The van der Waals surface area contributed by atoms with E-state index in [0.717, 1.165) is 6.42 Å². The molecule has 1 unspecified atom stereocenters. The molecule has 0 saturated heterocycles. The van der Waals surface area contributed by atoms with Crippen LogP contribution >= 0.6 is 33.9 Å². The Morgan fingerprint density at radius 2 is 2.10 bits per heavy atom. The van der Waals surface area contributed by atoms with E-state index in [1.165, 1.54) is 19.8 Å². The summed E-state index contributed by atoms with van der Waals surface area (Å²) in [6.07, 6.45) is 0.942. The quantitative estimate of drug-likeness (QED) is 0.762. The van der Waals surface area contributed by atoms with E-state index in [1.54, 1.807) is 11.3 Å². The van der Waals surface area contributed by atoms with Crippen LogP contribution in [0.2, 0.25) is 0 Å². The summed E-state index contributed by atoms with van der Waals surface area (Å²) in [6.45, 7) is 6.63. The minimum Gasteiger partial charge on any atom is -0.313 e. The molecule has 4 heteroatoms. The first-order valence-corrected chi connectivity index (χ1v) is 8.73. The van der Waals surface area contributed by atoms with Crippen molar-refractivity contribution >= 4 is 33.9 Å². The highest BCUT2D eigenvalue weighted by atomic mass is 127. The number of benzene rings is 1. The summed E-state index contributed by atoms with van der Waals surface area (Å²) < 4.78 is 1.27. The molecule has 0 aliphatic heterocycles. The molecule has 108 valence electrons. The van der Waals surface area contributed by atoms with Gasteiger partial charge in [0.2, 0.25) is 0 Å². The molecule has 2 rings (SSSR count). The number of rotatable bonds is 4. The maximum Gasteiger partial charge on any atom is 0.0947 e. The van der Waals surface area contributed by atoms with Crippen molar-refractivity contribution in [2.45, 2.75) is 38.6 Å². The van der Waals surface area contributed by atoms with E-state index < -0.39 is 0 Å². The van der Waals surface area contributed by atoms with Gasteiger partial charge in [0.25, 0.3) is 0 Å². The predicted octanol–water partition coefficient (Wildman–Crippen LogP) is 4.55. The van der Waals surface area contributed by atoms with Crippen molar-refractivity contribution in [3.05, 3.63) is 49.5 Å². The van der Waals surface area contributed by atoms with Crippen LogP contribution in [0.15, 0.2) is 29.6 Å². The normalized spacial score (nSPS) is 13.4. The van der Waals surface area contributed by atoms with E-state index in [4.69, 9.17) is 4.98 Å². The molecular formula is C16H21IN2S. The van der Waals surface area contributed by atoms with Gasteiger partial charge >= 0.3 is 0 Å². The lowest BCUT2D eigenvalue weighted by molar-refractivity contribution is 0.560. The van der Waals surface area contributed by atoms with E-state index in [1.807, 2.05) is 7.05 Å². The average Bonchev–Trinajstić information content (AvgIpc) is 2.84. The SMILES string of the molecule is CNC(Cc1nc(C(C)(C)C)cs1)c1cccc(I)c1. The Kier molecular flexibility index (Phi) is 5.20. The first-order valence-electron chi connectivity index (χ1n) is 6.78. The van der Waals surface area contributed by atoms with Gasteiger partial charge in [0.05, 0.1) is 10.7 Å². The zero-order valence-corrected chi connectivity index (χ0v) is 15.4. The van der Waals surface area contributed by atoms with Gasteiger partial charge in [0.1, 0.15) is 0 Å². The summed E-state index contributed by atoms with van der Waals surface area (Å²) in [6, 6.07) is 8.98.